The van der Waals surface area contributed by atoms with E-state index in [1.54, 1.807) is 17.2 Å². The van der Waals surface area contributed by atoms with Crippen molar-refractivity contribution in [2.45, 2.75) is 69.0 Å². The zero-order valence-corrected chi connectivity index (χ0v) is 20.2. The Hall–Kier alpha value is -2.84. The molecule has 2 aliphatic carbocycles. The van der Waals surface area contributed by atoms with Crippen LogP contribution in [0.2, 0.25) is 0 Å². The number of carbonyl (C=O) groups excluding carboxylic acids is 2. The number of halogens is 3. The largest absolute Gasteiger partial charge is 0.416 e. The fourth-order valence-corrected chi connectivity index (χ4v) is 5.99. The number of nitrogens with zero attached hydrogens (tertiary/aromatic N) is 4. The van der Waals surface area contributed by atoms with Gasteiger partial charge in [0.1, 0.15) is 0 Å². The van der Waals surface area contributed by atoms with Crippen LogP contribution in [0.5, 0.6) is 0 Å². The van der Waals surface area contributed by atoms with Gasteiger partial charge in [-0.1, -0.05) is 18.2 Å². The van der Waals surface area contributed by atoms with Gasteiger partial charge >= 0.3 is 6.18 Å². The highest BCUT2D eigenvalue weighted by molar-refractivity contribution is 5.95. The van der Waals surface area contributed by atoms with Crippen LogP contribution in [0.4, 0.5) is 13.2 Å². The summed E-state index contributed by atoms with van der Waals surface area (Å²) in [6.07, 6.45) is 3.48. The molecule has 2 aromatic rings. The molecule has 3 heterocycles. The quantitative estimate of drug-likeness (QED) is 0.582. The lowest BCUT2D eigenvalue weighted by Gasteiger charge is -2.33. The first kappa shape index (κ1) is 23.6. The molecule has 9 heteroatoms. The molecule has 0 N–H and O–H groups in total. The summed E-state index contributed by atoms with van der Waals surface area (Å²) in [4.78, 5) is 29.7. The van der Waals surface area contributed by atoms with Gasteiger partial charge in [0.05, 0.1) is 29.1 Å². The molecule has 1 aromatic heterocycles. The van der Waals surface area contributed by atoms with Crippen LogP contribution in [0.3, 0.4) is 0 Å². The zero-order chi connectivity index (χ0) is 25.0. The molecule has 192 valence electrons. The standard InChI is InChI=1S/C27H31F3N4O2/c28-27(29,30)23-4-2-1-3-21(23)19-9-12-33(16-19)26(36)22-15-31-34(24(22)17-5-6-17)20-10-13-32(14-11-20)25(35)18-7-8-18/h1-4,15,17-20H,5-14,16H2/t19-/m1/s1. The Morgan fingerprint density at radius 1 is 0.861 bits per heavy atom. The van der Waals surface area contributed by atoms with Gasteiger partial charge in [-0.05, 0) is 56.6 Å². The highest BCUT2D eigenvalue weighted by atomic mass is 19.4. The van der Waals surface area contributed by atoms with E-state index in [9.17, 15) is 22.8 Å². The average Bonchev–Trinajstić information content (AvgIpc) is 3.81. The Kier molecular flexibility index (Phi) is 5.84. The summed E-state index contributed by atoms with van der Waals surface area (Å²) in [5, 5.41) is 4.65. The van der Waals surface area contributed by atoms with Gasteiger partial charge in [-0.2, -0.15) is 18.3 Å². The molecule has 36 heavy (non-hydrogen) atoms. The van der Waals surface area contributed by atoms with Crippen LogP contribution in [-0.4, -0.2) is 57.6 Å². The summed E-state index contributed by atoms with van der Waals surface area (Å²) >= 11 is 0. The normalized spacial score (nSPS) is 23.4. The number of carbonyl (C=O) groups is 2. The van der Waals surface area contributed by atoms with Crippen molar-refractivity contribution in [2.24, 2.45) is 5.92 Å². The molecule has 2 aliphatic heterocycles. The van der Waals surface area contributed by atoms with Crippen LogP contribution in [-0.2, 0) is 11.0 Å². The van der Waals surface area contributed by atoms with Crippen molar-refractivity contribution in [3.8, 4) is 0 Å². The van der Waals surface area contributed by atoms with Gasteiger partial charge in [-0.3, -0.25) is 14.3 Å². The van der Waals surface area contributed by atoms with Crippen LogP contribution in [0.1, 0.15) is 90.0 Å². The number of hydrogen-bond acceptors (Lipinski definition) is 3. The monoisotopic (exact) mass is 500 g/mol. The second-order valence-electron chi connectivity index (χ2n) is 10.8. The van der Waals surface area contributed by atoms with Crippen molar-refractivity contribution in [1.82, 2.24) is 19.6 Å². The predicted molar refractivity (Wildman–Crippen MR) is 126 cm³/mol. The van der Waals surface area contributed by atoms with E-state index in [-0.39, 0.29) is 41.8 Å². The first-order valence-corrected chi connectivity index (χ1v) is 13.1. The Labute approximate surface area is 208 Å². The molecule has 6 rings (SSSR count). The molecule has 0 radical (unpaired) electrons. The average molecular weight is 501 g/mol. The first-order valence-electron chi connectivity index (χ1n) is 13.1. The van der Waals surface area contributed by atoms with E-state index >= 15 is 0 Å². The fourth-order valence-electron chi connectivity index (χ4n) is 5.99. The van der Waals surface area contributed by atoms with Crippen molar-refractivity contribution in [1.29, 1.82) is 0 Å². The number of amides is 2. The zero-order valence-electron chi connectivity index (χ0n) is 20.2. The number of likely N-dealkylation sites (tertiary alicyclic amines) is 2. The Morgan fingerprint density at radius 3 is 2.22 bits per heavy atom. The second-order valence-corrected chi connectivity index (χ2v) is 10.8. The van der Waals surface area contributed by atoms with E-state index in [0.717, 1.165) is 63.4 Å². The number of rotatable bonds is 5. The van der Waals surface area contributed by atoms with Gasteiger partial charge in [0.2, 0.25) is 5.91 Å². The van der Waals surface area contributed by atoms with Gasteiger partial charge < -0.3 is 9.80 Å². The summed E-state index contributed by atoms with van der Waals surface area (Å²) in [6.45, 7) is 2.16. The van der Waals surface area contributed by atoms with Gasteiger partial charge in [-0.15, -0.1) is 0 Å². The Morgan fingerprint density at radius 2 is 1.56 bits per heavy atom. The predicted octanol–water partition coefficient (Wildman–Crippen LogP) is 4.98. The first-order chi connectivity index (χ1) is 17.3. The van der Waals surface area contributed by atoms with Crippen molar-refractivity contribution >= 4 is 11.8 Å². The molecule has 0 spiro atoms. The van der Waals surface area contributed by atoms with E-state index in [1.807, 2.05) is 9.58 Å². The lowest BCUT2D eigenvalue weighted by molar-refractivity contribution is -0.138. The third-order valence-corrected chi connectivity index (χ3v) is 8.26. The van der Waals surface area contributed by atoms with Gasteiger partial charge in [-0.25, -0.2) is 0 Å². The van der Waals surface area contributed by atoms with Crippen molar-refractivity contribution in [3.63, 3.8) is 0 Å². The van der Waals surface area contributed by atoms with Crippen LogP contribution < -0.4 is 0 Å². The third kappa shape index (κ3) is 4.41. The lowest BCUT2D eigenvalue weighted by atomic mass is 9.93. The second kappa shape index (κ2) is 8.92. The highest BCUT2D eigenvalue weighted by Crippen LogP contribution is 2.45. The molecule has 0 unspecified atom stereocenters. The SMILES string of the molecule is O=C(c1cnn(C2CCN(C(=O)C3CC3)CC2)c1C1CC1)N1CC[C@@H](c2ccccc2C(F)(F)F)C1. The molecule has 1 atom stereocenters. The molecule has 2 amide bonds. The number of piperidine rings is 1. The van der Waals surface area contributed by atoms with Gasteiger partial charge in [0.15, 0.2) is 0 Å². The maximum absolute atomic E-state index is 13.6. The molecule has 1 aromatic carbocycles. The highest BCUT2D eigenvalue weighted by Gasteiger charge is 2.41. The minimum atomic E-state index is -4.41. The topological polar surface area (TPSA) is 58.4 Å². The van der Waals surface area contributed by atoms with Crippen LogP contribution in [0.15, 0.2) is 30.5 Å². The molecule has 4 fully saturated rings. The molecule has 0 bridgehead atoms. The Bertz CT molecular complexity index is 1160. The maximum Gasteiger partial charge on any atom is 0.416 e. The lowest BCUT2D eigenvalue weighted by Crippen LogP contribution is -2.40. The summed E-state index contributed by atoms with van der Waals surface area (Å²) < 4.78 is 42.7. The van der Waals surface area contributed by atoms with Gasteiger partial charge in [0, 0.05) is 43.9 Å². The molecule has 6 nitrogen and oxygen atoms in total. The summed E-state index contributed by atoms with van der Waals surface area (Å²) in [5.41, 5.74) is 1.23. The van der Waals surface area contributed by atoms with Crippen LogP contribution in [0, 0.1) is 5.92 Å². The fraction of sp³-hybridized carbons (Fsp3) is 0.593. The number of alkyl halides is 3. The van der Waals surface area contributed by atoms with Gasteiger partial charge in [0.25, 0.3) is 5.91 Å². The van der Waals surface area contributed by atoms with Crippen molar-refractivity contribution in [3.05, 3.63) is 52.8 Å². The molecular weight excluding hydrogens is 469 g/mol. The Balaban J connectivity index is 1.17. The van der Waals surface area contributed by atoms with E-state index < -0.39 is 11.7 Å². The molecule has 2 saturated carbocycles. The summed E-state index contributed by atoms with van der Waals surface area (Å²) in [7, 11) is 0. The van der Waals surface area contributed by atoms with Crippen LogP contribution >= 0.6 is 0 Å². The summed E-state index contributed by atoms with van der Waals surface area (Å²) in [5.74, 6) is 0.353. The minimum absolute atomic E-state index is 0.128. The molecule has 2 saturated heterocycles. The molecule has 4 aliphatic rings. The van der Waals surface area contributed by atoms with Crippen LogP contribution in [0.25, 0.3) is 0 Å². The van der Waals surface area contributed by atoms with Crippen molar-refractivity contribution in [2.75, 3.05) is 26.2 Å². The number of benzene rings is 1. The van der Waals surface area contributed by atoms with E-state index in [2.05, 4.69) is 5.10 Å². The summed E-state index contributed by atoms with van der Waals surface area (Å²) in [6, 6.07) is 5.87. The number of aromatic nitrogens is 2. The van der Waals surface area contributed by atoms with E-state index in [4.69, 9.17) is 0 Å². The number of hydrogen-bond donors (Lipinski definition) is 0. The third-order valence-electron chi connectivity index (χ3n) is 8.26. The van der Waals surface area contributed by atoms with Crippen molar-refractivity contribution < 1.29 is 22.8 Å². The minimum Gasteiger partial charge on any atom is -0.342 e. The van der Waals surface area contributed by atoms with E-state index in [0.29, 0.717) is 24.4 Å². The molecular formula is C27H31F3N4O2. The maximum atomic E-state index is 13.6. The smallest absolute Gasteiger partial charge is 0.342 e. The van der Waals surface area contributed by atoms with E-state index in [1.165, 1.54) is 12.1 Å².